The Morgan fingerprint density at radius 1 is 1.00 bits per heavy atom. The van der Waals surface area contributed by atoms with Crippen molar-refractivity contribution in [2.24, 2.45) is 0 Å². The van der Waals surface area contributed by atoms with Crippen molar-refractivity contribution in [1.82, 2.24) is 10.2 Å². The van der Waals surface area contributed by atoms with Crippen LogP contribution in [0.5, 0.6) is 0 Å². The van der Waals surface area contributed by atoms with Gasteiger partial charge in [-0.05, 0) is 49.1 Å². The second kappa shape index (κ2) is 13.3. The van der Waals surface area contributed by atoms with E-state index in [9.17, 15) is 9.59 Å². The SMILES string of the molecule is CCC(C)NC(=O)C(CC)N(Cc1ccc(Cl)cc1Cl)C(=O)CSCc1ccccc1Cl. The van der Waals surface area contributed by atoms with Crippen LogP contribution in [0.1, 0.15) is 44.7 Å². The zero-order valence-corrected chi connectivity index (χ0v) is 21.6. The smallest absolute Gasteiger partial charge is 0.243 e. The molecule has 2 atom stereocenters. The van der Waals surface area contributed by atoms with Gasteiger partial charge in [-0.25, -0.2) is 0 Å². The minimum absolute atomic E-state index is 0.0298. The molecule has 0 saturated heterocycles. The minimum Gasteiger partial charge on any atom is -0.352 e. The molecule has 0 spiro atoms. The monoisotopic (exact) mass is 514 g/mol. The summed E-state index contributed by atoms with van der Waals surface area (Å²) in [5.41, 5.74) is 1.72. The molecule has 0 heterocycles. The molecule has 4 nitrogen and oxygen atoms in total. The third kappa shape index (κ3) is 7.87. The molecule has 2 aromatic carbocycles. The fraction of sp³-hybridized carbons (Fsp3) is 0.417. The summed E-state index contributed by atoms with van der Waals surface area (Å²) in [6.45, 7) is 6.09. The Morgan fingerprint density at radius 3 is 2.34 bits per heavy atom. The van der Waals surface area contributed by atoms with E-state index in [0.717, 1.165) is 17.5 Å². The van der Waals surface area contributed by atoms with Crippen molar-refractivity contribution in [3.63, 3.8) is 0 Å². The first kappa shape index (κ1) is 26.8. The van der Waals surface area contributed by atoms with Crippen LogP contribution in [0.2, 0.25) is 15.1 Å². The molecule has 32 heavy (non-hydrogen) atoms. The molecule has 0 bridgehead atoms. The van der Waals surface area contributed by atoms with E-state index in [1.54, 1.807) is 23.1 Å². The number of carbonyl (C=O) groups excluding carboxylic acids is 2. The van der Waals surface area contributed by atoms with Crippen LogP contribution in [0.3, 0.4) is 0 Å². The van der Waals surface area contributed by atoms with E-state index in [-0.39, 0.29) is 30.2 Å². The predicted molar refractivity (Wildman–Crippen MR) is 137 cm³/mol. The van der Waals surface area contributed by atoms with Crippen LogP contribution >= 0.6 is 46.6 Å². The molecular formula is C24H29Cl3N2O2S. The number of carbonyl (C=O) groups is 2. The first-order valence-electron chi connectivity index (χ1n) is 10.6. The summed E-state index contributed by atoms with van der Waals surface area (Å²) in [6, 6.07) is 12.2. The number of hydrogen-bond acceptors (Lipinski definition) is 3. The highest BCUT2D eigenvalue weighted by Crippen LogP contribution is 2.25. The Morgan fingerprint density at radius 2 is 1.72 bits per heavy atom. The van der Waals surface area contributed by atoms with Crippen molar-refractivity contribution in [2.75, 3.05) is 5.75 Å². The summed E-state index contributed by atoms with van der Waals surface area (Å²) in [5.74, 6) is 0.552. The maximum Gasteiger partial charge on any atom is 0.243 e. The highest BCUT2D eigenvalue weighted by Gasteiger charge is 2.29. The van der Waals surface area contributed by atoms with Crippen molar-refractivity contribution in [2.45, 2.75) is 58.0 Å². The predicted octanol–water partition coefficient (Wildman–Crippen LogP) is 6.60. The molecule has 0 radical (unpaired) electrons. The van der Waals surface area contributed by atoms with Gasteiger partial charge in [-0.1, -0.05) is 72.9 Å². The Balaban J connectivity index is 2.20. The summed E-state index contributed by atoms with van der Waals surface area (Å²) in [7, 11) is 0. The largest absolute Gasteiger partial charge is 0.352 e. The lowest BCUT2D eigenvalue weighted by atomic mass is 10.1. The number of nitrogens with one attached hydrogen (secondary N) is 1. The first-order chi connectivity index (χ1) is 15.3. The van der Waals surface area contributed by atoms with Gasteiger partial charge in [0, 0.05) is 33.4 Å². The minimum atomic E-state index is -0.593. The van der Waals surface area contributed by atoms with Crippen molar-refractivity contribution in [3.05, 3.63) is 68.7 Å². The fourth-order valence-electron chi connectivity index (χ4n) is 3.14. The van der Waals surface area contributed by atoms with Gasteiger partial charge in [0.15, 0.2) is 0 Å². The second-order valence-electron chi connectivity index (χ2n) is 7.58. The van der Waals surface area contributed by atoms with Crippen molar-refractivity contribution >= 4 is 58.4 Å². The average Bonchev–Trinajstić information content (AvgIpc) is 2.76. The zero-order valence-electron chi connectivity index (χ0n) is 18.5. The van der Waals surface area contributed by atoms with Crippen molar-refractivity contribution in [1.29, 1.82) is 0 Å². The Kier molecular flexibility index (Phi) is 11.2. The molecule has 2 aromatic rings. The van der Waals surface area contributed by atoms with Gasteiger partial charge in [-0.3, -0.25) is 9.59 Å². The molecular weight excluding hydrogens is 487 g/mol. The Bertz CT molecular complexity index is 926. The number of rotatable bonds is 11. The molecule has 2 rings (SSSR count). The van der Waals surface area contributed by atoms with Crippen LogP contribution in [0.25, 0.3) is 0 Å². The molecule has 0 fully saturated rings. The molecule has 0 aliphatic rings. The molecule has 1 N–H and O–H groups in total. The molecule has 2 amide bonds. The molecule has 0 aliphatic carbocycles. The van der Waals surface area contributed by atoms with E-state index in [0.29, 0.717) is 27.2 Å². The first-order valence-corrected chi connectivity index (χ1v) is 12.9. The van der Waals surface area contributed by atoms with E-state index < -0.39 is 6.04 Å². The third-order valence-corrected chi connectivity index (χ3v) is 7.11. The second-order valence-corrected chi connectivity index (χ2v) is 9.82. The topological polar surface area (TPSA) is 49.4 Å². The number of thioether (sulfide) groups is 1. The van der Waals surface area contributed by atoms with E-state index in [2.05, 4.69) is 5.32 Å². The summed E-state index contributed by atoms with van der Waals surface area (Å²) < 4.78 is 0. The van der Waals surface area contributed by atoms with Crippen molar-refractivity contribution < 1.29 is 9.59 Å². The quantitative estimate of drug-likeness (QED) is 0.367. The van der Waals surface area contributed by atoms with Gasteiger partial charge >= 0.3 is 0 Å². The third-order valence-electron chi connectivity index (χ3n) is 5.18. The molecule has 174 valence electrons. The Hall–Kier alpha value is -1.40. The molecule has 0 aromatic heterocycles. The summed E-state index contributed by atoms with van der Waals surface area (Å²) in [6.07, 6.45) is 1.31. The van der Waals surface area contributed by atoms with Gasteiger partial charge in [0.1, 0.15) is 6.04 Å². The average molecular weight is 516 g/mol. The van der Waals surface area contributed by atoms with E-state index in [1.807, 2.05) is 45.0 Å². The number of halogens is 3. The number of nitrogens with zero attached hydrogens (tertiary/aromatic N) is 1. The number of benzene rings is 2. The number of amides is 2. The summed E-state index contributed by atoms with van der Waals surface area (Å²) >= 11 is 20.1. The Labute approximate surface area is 210 Å². The molecule has 2 unspecified atom stereocenters. The van der Waals surface area contributed by atoms with Crippen LogP contribution in [0.4, 0.5) is 0 Å². The number of hydrogen-bond donors (Lipinski definition) is 1. The summed E-state index contributed by atoms with van der Waals surface area (Å²) in [4.78, 5) is 27.9. The van der Waals surface area contributed by atoms with E-state index in [1.165, 1.54) is 11.8 Å². The highest BCUT2D eigenvalue weighted by molar-refractivity contribution is 7.99. The van der Waals surface area contributed by atoms with E-state index >= 15 is 0 Å². The van der Waals surface area contributed by atoms with Crippen LogP contribution in [0.15, 0.2) is 42.5 Å². The van der Waals surface area contributed by atoms with Gasteiger partial charge in [0.2, 0.25) is 11.8 Å². The van der Waals surface area contributed by atoms with Crippen LogP contribution < -0.4 is 5.32 Å². The van der Waals surface area contributed by atoms with Gasteiger partial charge in [-0.2, -0.15) is 0 Å². The van der Waals surface area contributed by atoms with Crippen LogP contribution in [-0.2, 0) is 21.9 Å². The van der Waals surface area contributed by atoms with Crippen LogP contribution in [-0.4, -0.2) is 34.6 Å². The standard InChI is InChI=1S/C24H29Cl3N2O2S/c1-4-16(3)28-24(31)22(5-2)29(13-17-10-11-19(25)12-21(17)27)23(30)15-32-14-18-8-6-7-9-20(18)26/h6-12,16,22H,4-5,13-15H2,1-3H3,(H,28,31). The van der Waals surface area contributed by atoms with Gasteiger partial charge in [0.25, 0.3) is 0 Å². The molecule has 8 heteroatoms. The zero-order chi connectivity index (χ0) is 23.7. The van der Waals surface area contributed by atoms with Crippen LogP contribution in [0, 0.1) is 0 Å². The van der Waals surface area contributed by atoms with Gasteiger partial charge in [0.05, 0.1) is 5.75 Å². The van der Waals surface area contributed by atoms with Gasteiger partial charge < -0.3 is 10.2 Å². The van der Waals surface area contributed by atoms with Crippen molar-refractivity contribution in [3.8, 4) is 0 Å². The maximum atomic E-state index is 13.3. The lowest BCUT2D eigenvalue weighted by molar-refractivity contribution is -0.139. The van der Waals surface area contributed by atoms with E-state index in [4.69, 9.17) is 34.8 Å². The molecule has 0 saturated carbocycles. The molecule has 0 aliphatic heterocycles. The lowest BCUT2D eigenvalue weighted by Gasteiger charge is -2.31. The summed E-state index contributed by atoms with van der Waals surface area (Å²) in [5, 5.41) is 4.67. The lowest BCUT2D eigenvalue weighted by Crippen LogP contribution is -2.51. The van der Waals surface area contributed by atoms with Gasteiger partial charge in [-0.15, -0.1) is 11.8 Å². The normalized spacial score (nSPS) is 12.8. The fourth-order valence-corrected chi connectivity index (χ4v) is 4.80. The maximum absolute atomic E-state index is 13.3. The highest BCUT2D eigenvalue weighted by atomic mass is 35.5.